The van der Waals surface area contributed by atoms with Crippen LogP contribution in [-0.2, 0) is 14.3 Å². The van der Waals surface area contributed by atoms with Crippen molar-refractivity contribution in [3.8, 4) is 0 Å². The summed E-state index contributed by atoms with van der Waals surface area (Å²) in [6.07, 6.45) is 2.83. The molecule has 1 heterocycles. The third-order valence-corrected chi connectivity index (χ3v) is 3.56. The predicted octanol–water partition coefficient (Wildman–Crippen LogP) is 1.32. The summed E-state index contributed by atoms with van der Waals surface area (Å²) in [7, 11) is 0. The van der Waals surface area contributed by atoms with Gasteiger partial charge in [0.1, 0.15) is 5.54 Å². The summed E-state index contributed by atoms with van der Waals surface area (Å²) in [5.41, 5.74) is -0.752. The Hall–Kier alpha value is -1.10. The van der Waals surface area contributed by atoms with Crippen molar-refractivity contribution >= 4 is 11.8 Å². The van der Waals surface area contributed by atoms with E-state index in [4.69, 9.17) is 4.74 Å². The molecule has 0 aromatic carbocycles. The first kappa shape index (κ1) is 16.0. The van der Waals surface area contributed by atoms with E-state index in [0.29, 0.717) is 32.5 Å². The molecule has 5 nitrogen and oxygen atoms in total. The first-order chi connectivity index (χ1) is 9.03. The van der Waals surface area contributed by atoms with Crippen LogP contribution in [0, 0.1) is 0 Å². The third kappa shape index (κ3) is 4.49. The van der Waals surface area contributed by atoms with Crippen molar-refractivity contribution in [2.24, 2.45) is 0 Å². The van der Waals surface area contributed by atoms with E-state index in [2.05, 4.69) is 12.2 Å². The molecular formula is C14H26N2O3. The molecule has 110 valence electrons. The van der Waals surface area contributed by atoms with Gasteiger partial charge in [-0.3, -0.25) is 9.59 Å². The molecule has 1 aliphatic heterocycles. The van der Waals surface area contributed by atoms with Crippen LogP contribution in [0.1, 0.15) is 46.5 Å². The van der Waals surface area contributed by atoms with E-state index < -0.39 is 5.54 Å². The van der Waals surface area contributed by atoms with E-state index in [0.717, 1.165) is 19.4 Å². The van der Waals surface area contributed by atoms with E-state index in [1.807, 2.05) is 6.92 Å². The molecule has 0 aliphatic carbocycles. The quantitative estimate of drug-likeness (QED) is 0.710. The highest BCUT2D eigenvalue weighted by molar-refractivity contribution is 5.93. The Bertz CT molecular complexity index is 320. The maximum Gasteiger partial charge on any atom is 0.248 e. The summed E-state index contributed by atoms with van der Waals surface area (Å²) in [6.45, 7) is 8.40. The molecule has 1 N–H and O–H groups in total. The average molecular weight is 270 g/mol. The van der Waals surface area contributed by atoms with Gasteiger partial charge in [-0.1, -0.05) is 13.8 Å². The fourth-order valence-electron chi connectivity index (χ4n) is 2.17. The minimum atomic E-state index is -0.752. The van der Waals surface area contributed by atoms with Crippen LogP contribution >= 0.6 is 0 Å². The summed E-state index contributed by atoms with van der Waals surface area (Å²) < 4.78 is 5.42. The maximum atomic E-state index is 12.4. The van der Waals surface area contributed by atoms with Gasteiger partial charge < -0.3 is 15.0 Å². The summed E-state index contributed by atoms with van der Waals surface area (Å²) in [5, 5.41) is 2.83. The van der Waals surface area contributed by atoms with Gasteiger partial charge in [0, 0.05) is 32.7 Å². The Morgan fingerprint density at radius 1 is 1.32 bits per heavy atom. The number of ether oxygens (including phenoxy) is 1. The Labute approximate surface area is 115 Å². The monoisotopic (exact) mass is 270 g/mol. The second-order valence-electron chi connectivity index (χ2n) is 5.24. The lowest BCUT2D eigenvalue weighted by molar-refractivity contribution is -0.138. The van der Waals surface area contributed by atoms with Gasteiger partial charge in [-0.2, -0.15) is 0 Å². The molecule has 19 heavy (non-hydrogen) atoms. The zero-order valence-corrected chi connectivity index (χ0v) is 12.3. The molecule has 0 saturated carbocycles. The molecule has 1 fully saturated rings. The Balaban J connectivity index is 2.52. The number of nitrogens with one attached hydrogen (secondary N) is 1. The molecule has 5 heteroatoms. The Morgan fingerprint density at radius 2 is 2.05 bits per heavy atom. The molecule has 1 unspecified atom stereocenters. The Kier molecular flexibility index (Phi) is 6.28. The summed E-state index contributed by atoms with van der Waals surface area (Å²) in [6, 6.07) is 0. The molecular weight excluding hydrogens is 244 g/mol. The highest BCUT2D eigenvalue weighted by Gasteiger charge is 2.38. The van der Waals surface area contributed by atoms with Gasteiger partial charge in [0.05, 0.1) is 0 Å². The smallest absolute Gasteiger partial charge is 0.248 e. The van der Waals surface area contributed by atoms with Gasteiger partial charge in [0.25, 0.3) is 0 Å². The van der Waals surface area contributed by atoms with Crippen molar-refractivity contribution in [1.29, 1.82) is 0 Å². The molecule has 1 saturated heterocycles. The summed E-state index contributed by atoms with van der Waals surface area (Å²) in [5.74, 6) is -0.0150. The minimum Gasteiger partial charge on any atom is -0.381 e. The second-order valence-corrected chi connectivity index (χ2v) is 5.24. The lowest BCUT2D eigenvalue weighted by Crippen LogP contribution is -2.54. The average Bonchev–Trinajstić information content (AvgIpc) is 2.50. The highest BCUT2D eigenvalue weighted by atomic mass is 16.5. The fourth-order valence-corrected chi connectivity index (χ4v) is 2.17. The number of carbonyl (C=O) groups excluding carboxylic acids is 2. The fraction of sp³-hybridized carbons (Fsp3) is 0.857. The normalized spacial score (nSPS) is 24.3. The van der Waals surface area contributed by atoms with E-state index in [1.165, 1.54) is 0 Å². The molecule has 1 aliphatic rings. The molecule has 0 bridgehead atoms. The van der Waals surface area contributed by atoms with Crippen molar-refractivity contribution in [1.82, 2.24) is 10.2 Å². The number of nitrogens with zero attached hydrogens (tertiary/aromatic N) is 1. The van der Waals surface area contributed by atoms with E-state index in [1.54, 1.807) is 11.8 Å². The van der Waals surface area contributed by atoms with Crippen LogP contribution in [0.4, 0.5) is 0 Å². The molecule has 0 radical (unpaired) electrons. The number of carbonyl (C=O) groups is 2. The van der Waals surface area contributed by atoms with Crippen LogP contribution in [0.15, 0.2) is 0 Å². The number of rotatable bonds is 7. The van der Waals surface area contributed by atoms with Gasteiger partial charge in [-0.25, -0.2) is 0 Å². The van der Waals surface area contributed by atoms with Crippen LogP contribution in [0.3, 0.4) is 0 Å². The lowest BCUT2D eigenvalue weighted by Gasteiger charge is -2.31. The number of hydrogen-bond acceptors (Lipinski definition) is 3. The number of hydrogen-bond donors (Lipinski definition) is 1. The molecule has 0 aromatic rings. The van der Waals surface area contributed by atoms with E-state index >= 15 is 0 Å². The van der Waals surface area contributed by atoms with Crippen molar-refractivity contribution in [2.75, 3.05) is 26.3 Å². The standard InChI is InChI=1S/C14H26N2O3/c1-4-10-19-11-6-8-16-9-7-12(17)15-14(3,5-2)13(16)18/h4-11H2,1-3H3,(H,15,17). The van der Waals surface area contributed by atoms with Crippen molar-refractivity contribution in [3.05, 3.63) is 0 Å². The second kappa shape index (κ2) is 7.48. The first-order valence-electron chi connectivity index (χ1n) is 7.21. The van der Waals surface area contributed by atoms with Crippen LogP contribution < -0.4 is 5.32 Å². The zero-order valence-electron chi connectivity index (χ0n) is 12.3. The van der Waals surface area contributed by atoms with Gasteiger partial charge in [-0.05, 0) is 26.2 Å². The van der Waals surface area contributed by atoms with Crippen LogP contribution in [0.25, 0.3) is 0 Å². The topological polar surface area (TPSA) is 58.6 Å². The maximum absolute atomic E-state index is 12.4. The van der Waals surface area contributed by atoms with Gasteiger partial charge in [0.15, 0.2) is 0 Å². The van der Waals surface area contributed by atoms with E-state index in [-0.39, 0.29) is 11.8 Å². The van der Waals surface area contributed by atoms with Crippen LogP contribution in [-0.4, -0.2) is 48.6 Å². The van der Waals surface area contributed by atoms with Crippen molar-refractivity contribution in [3.63, 3.8) is 0 Å². The van der Waals surface area contributed by atoms with Crippen LogP contribution in [0.2, 0.25) is 0 Å². The SMILES string of the molecule is CCCOCCCN1CCC(=O)NC(C)(CC)C1=O. The molecule has 0 aromatic heterocycles. The van der Waals surface area contributed by atoms with Crippen LogP contribution in [0.5, 0.6) is 0 Å². The van der Waals surface area contributed by atoms with Crippen molar-refractivity contribution in [2.45, 2.75) is 52.0 Å². The van der Waals surface area contributed by atoms with Gasteiger partial charge >= 0.3 is 0 Å². The predicted molar refractivity (Wildman–Crippen MR) is 73.8 cm³/mol. The highest BCUT2D eigenvalue weighted by Crippen LogP contribution is 2.17. The lowest BCUT2D eigenvalue weighted by atomic mass is 9.97. The van der Waals surface area contributed by atoms with E-state index in [9.17, 15) is 9.59 Å². The molecule has 0 spiro atoms. The largest absolute Gasteiger partial charge is 0.381 e. The summed E-state index contributed by atoms with van der Waals surface area (Å²) >= 11 is 0. The van der Waals surface area contributed by atoms with Crippen molar-refractivity contribution < 1.29 is 14.3 Å². The third-order valence-electron chi connectivity index (χ3n) is 3.56. The molecule has 1 rings (SSSR count). The molecule has 1 atom stereocenters. The zero-order chi connectivity index (χ0) is 14.3. The Morgan fingerprint density at radius 3 is 2.68 bits per heavy atom. The first-order valence-corrected chi connectivity index (χ1v) is 7.21. The molecule has 2 amide bonds. The number of amides is 2. The summed E-state index contributed by atoms with van der Waals surface area (Å²) in [4.78, 5) is 25.9. The van der Waals surface area contributed by atoms with Gasteiger partial charge in [0.2, 0.25) is 11.8 Å². The minimum absolute atomic E-state index is 0.0244. The van der Waals surface area contributed by atoms with Gasteiger partial charge in [-0.15, -0.1) is 0 Å².